The maximum Gasteiger partial charge on any atom is 0.345 e. The molecule has 0 aliphatic rings. The van der Waals surface area contributed by atoms with Crippen molar-refractivity contribution in [3.8, 4) is 11.3 Å². The molecule has 32 heavy (non-hydrogen) atoms. The lowest BCUT2D eigenvalue weighted by atomic mass is 10.0. The number of aromatic nitrogens is 1. The van der Waals surface area contributed by atoms with E-state index >= 15 is 0 Å². The smallest absolute Gasteiger partial charge is 0.345 e. The predicted molar refractivity (Wildman–Crippen MR) is 128 cm³/mol. The van der Waals surface area contributed by atoms with Gasteiger partial charge in [-0.25, -0.2) is 4.79 Å². The van der Waals surface area contributed by atoms with E-state index in [0.717, 1.165) is 21.7 Å². The fourth-order valence-corrected chi connectivity index (χ4v) is 3.86. The second kappa shape index (κ2) is 8.08. The average Bonchev–Trinajstić information content (AvgIpc) is 2.82. The molecule has 0 aliphatic carbocycles. The normalized spacial score (nSPS) is 11.4. The van der Waals surface area contributed by atoms with Crippen LogP contribution in [0.4, 0.5) is 0 Å². The summed E-state index contributed by atoms with van der Waals surface area (Å²) < 4.78 is 5.41. The Balaban J connectivity index is 1.47. The van der Waals surface area contributed by atoms with Crippen LogP contribution in [0.1, 0.15) is 21.6 Å². The Hall–Kier alpha value is -4.31. The number of fused-ring (bicyclic) bond motifs is 2. The zero-order valence-corrected chi connectivity index (χ0v) is 17.4. The zero-order valence-electron chi connectivity index (χ0n) is 17.4. The Labute approximate surface area is 184 Å². The minimum absolute atomic E-state index is 0.139. The molecule has 3 aromatic carbocycles. The first-order valence-electron chi connectivity index (χ1n) is 10.3. The summed E-state index contributed by atoms with van der Waals surface area (Å²) >= 11 is 0. The van der Waals surface area contributed by atoms with Gasteiger partial charge in [0.25, 0.3) is 0 Å². The number of carbonyl (C=O) groups excluding carboxylic acids is 1. The quantitative estimate of drug-likeness (QED) is 0.198. The Morgan fingerprint density at radius 3 is 2.47 bits per heavy atom. The van der Waals surface area contributed by atoms with E-state index in [9.17, 15) is 9.59 Å². The van der Waals surface area contributed by atoms with E-state index in [1.165, 1.54) is 0 Å². The summed E-state index contributed by atoms with van der Waals surface area (Å²) in [4.78, 5) is 29.8. The largest absolute Gasteiger partial charge is 0.422 e. The molecule has 154 valence electrons. The second-order valence-corrected chi connectivity index (χ2v) is 7.58. The summed E-state index contributed by atoms with van der Waals surface area (Å²) in [5, 5.41) is 3.03. The van der Waals surface area contributed by atoms with Crippen molar-refractivity contribution in [2.75, 3.05) is 0 Å². The molecule has 0 unspecified atom stereocenters. The highest BCUT2D eigenvalue weighted by Gasteiger charge is 2.13. The standard InChI is InChI=1S/C28H19NO3/c1-18-22(26(30)16-13-20-10-6-9-19-7-2-4-11-23(19)20)14-15-25(29-18)24-17-21-8-3-5-12-27(21)32-28(24)31/h2-17H,1H3/b16-13+. The predicted octanol–water partition coefficient (Wildman–Crippen LogP) is 6.21. The lowest BCUT2D eigenvalue weighted by Gasteiger charge is -2.06. The maximum absolute atomic E-state index is 12.9. The Kier molecular flexibility index (Phi) is 4.96. The number of carbonyl (C=O) groups is 1. The van der Waals surface area contributed by atoms with Crippen molar-refractivity contribution < 1.29 is 9.21 Å². The number of hydrogen-bond acceptors (Lipinski definition) is 4. The number of pyridine rings is 1. The highest BCUT2D eigenvalue weighted by atomic mass is 16.4. The summed E-state index contributed by atoms with van der Waals surface area (Å²) in [5.74, 6) is -0.139. The van der Waals surface area contributed by atoms with Crippen molar-refractivity contribution in [2.24, 2.45) is 0 Å². The number of allylic oxidation sites excluding steroid dienone is 1. The topological polar surface area (TPSA) is 60.2 Å². The molecule has 0 amide bonds. The van der Waals surface area contributed by atoms with E-state index in [1.54, 1.807) is 37.3 Å². The molecule has 2 heterocycles. The van der Waals surface area contributed by atoms with Gasteiger partial charge in [0.15, 0.2) is 5.78 Å². The van der Waals surface area contributed by atoms with Gasteiger partial charge in [-0.15, -0.1) is 0 Å². The number of ketones is 1. The fourth-order valence-electron chi connectivity index (χ4n) is 3.86. The average molecular weight is 417 g/mol. The Morgan fingerprint density at radius 1 is 0.875 bits per heavy atom. The SMILES string of the molecule is Cc1nc(-c2cc3ccccc3oc2=O)ccc1C(=O)/C=C/c1cccc2ccccc12. The molecular weight excluding hydrogens is 398 g/mol. The molecule has 0 saturated heterocycles. The van der Waals surface area contributed by atoms with Crippen molar-refractivity contribution in [3.63, 3.8) is 0 Å². The van der Waals surface area contributed by atoms with E-state index in [0.29, 0.717) is 28.1 Å². The van der Waals surface area contributed by atoms with Crippen LogP contribution in [0.2, 0.25) is 0 Å². The third-order valence-corrected chi connectivity index (χ3v) is 5.51. The second-order valence-electron chi connectivity index (χ2n) is 7.58. The Bertz CT molecular complexity index is 1570. The van der Waals surface area contributed by atoms with Gasteiger partial charge in [0, 0.05) is 16.6 Å². The van der Waals surface area contributed by atoms with Crippen molar-refractivity contribution in [1.29, 1.82) is 0 Å². The number of hydrogen-bond donors (Lipinski definition) is 0. The molecule has 0 spiro atoms. The summed E-state index contributed by atoms with van der Waals surface area (Å²) in [6.07, 6.45) is 3.39. The van der Waals surface area contributed by atoms with Gasteiger partial charge in [-0.1, -0.05) is 66.7 Å². The number of rotatable bonds is 4. The van der Waals surface area contributed by atoms with Gasteiger partial charge >= 0.3 is 5.63 Å². The summed E-state index contributed by atoms with van der Waals surface area (Å²) in [5.41, 5.74) is 2.97. The van der Waals surface area contributed by atoms with Crippen molar-refractivity contribution in [1.82, 2.24) is 4.98 Å². The molecular formula is C28H19NO3. The molecule has 0 atom stereocenters. The third-order valence-electron chi connectivity index (χ3n) is 5.51. The van der Waals surface area contributed by atoms with E-state index in [1.807, 2.05) is 66.7 Å². The minimum Gasteiger partial charge on any atom is -0.422 e. The Morgan fingerprint density at radius 2 is 1.62 bits per heavy atom. The van der Waals surface area contributed by atoms with Crippen LogP contribution in [0.5, 0.6) is 0 Å². The van der Waals surface area contributed by atoms with E-state index in [2.05, 4.69) is 4.98 Å². The van der Waals surface area contributed by atoms with Crippen LogP contribution in [-0.2, 0) is 0 Å². The monoisotopic (exact) mass is 417 g/mol. The van der Waals surface area contributed by atoms with Gasteiger partial charge in [-0.3, -0.25) is 9.78 Å². The fraction of sp³-hybridized carbons (Fsp3) is 0.0357. The van der Waals surface area contributed by atoms with Crippen molar-refractivity contribution in [3.05, 3.63) is 118 Å². The minimum atomic E-state index is -0.453. The first kappa shape index (κ1) is 19.6. The summed E-state index contributed by atoms with van der Waals surface area (Å²) in [6, 6.07) is 26.6. The van der Waals surface area contributed by atoms with Gasteiger partial charge in [-0.05, 0) is 53.6 Å². The van der Waals surface area contributed by atoms with E-state index < -0.39 is 5.63 Å². The third kappa shape index (κ3) is 3.63. The van der Waals surface area contributed by atoms with Crippen LogP contribution >= 0.6 is 0 Å². The van der Waals surface area contributed by atoms with Crippen LogP contribution in [0.15, 0.2) is 100 Å². The molecule has 4 heteroatoms. The van der Waals surface area contributed by atoms with Crippen LogP contribution in [0.3, 0.4) is 0 Å². The first-order chi connectivity index (χ1) is 15.6. The molecule has 0 aliphatic heterocycles. The van der Waals surface area contributed by atoms with Crippen LogP contribution in [0, 0.1) is 6.92 Å². The molecule has 0 saturated carbocycles. The maximum atomic E-state index is 12.9. The van der Waals surface area contributed by atoms with Crippen LogP contribution in [0.25, 0.3) is 39.1 Å². The van der Waals surface area contributed by atoms with Crippen molar-refractivity contribution >= 4 is 33.6 Å². The van der Waals surface area contributed by atoms with Crippen LogP contribution < -0.4 is 5.63 Å². The molecule has 2 aromatic heterocycles. The summed E-state index contributed by atoms with van der Waals surface area (Å²) in [6.45, 7) is 1.77. The number of aryl methyl sites for hydroxylation is 1. The lowest BCUT2D eigenvalue weighted by molar-refractivity contribution is 0.104. The molecule has 0 N–H and O–H groups in total. The summed E-state index contributed by atoms with van der Waals surface area (Å²) in [7, 11) is 0. The number of nitrogens with zero attached hydrogens (tertiary/aromatic N) is 1. The van der Waals surface area contributed by atoms with Crippen LogP contribution in [-0.4, -0.2) is 10.8 Å². The molecule has 0 radical (unpaired) electrons. The van der Waals surface area contributed by atoms with Gasteiger partial charge in [0.2, 0.25) is 0 Å². The van der Waals surface area contributed by atoms with E-state index in [4.69, 9.17) is 4.42 Å². The number of para-hydroxylation sites is 1. The van der Waals surface area contributed by atoms with Gasteiger partial charge < -0.3 is 4.42 Å². The number of benzene rings is 3. The van der Waals surface area contributed by atoms with Gasteiger partial charge in [0.1, 0.15) is 5.58 Å². The first-order valence-corrected chi connectivity index (χ1v) is 10.3. The van der Waals surface area contributed by atoms with E-state index in [-0.39, 0.29) is 5.78 Å². The lowest BCUT2D eigenvalue weighted by Crippen LogP contribution is -2.06. The molecule has 0 bridgehead atoms. The molecule has 5 aromatic rings. The highest BCUT2D eigenvalue weighted by Crippen LogP contribution is 2.22. The molecule has 0 fully saturated rings. The highest BCUT2D eigenvalue weighted by molar-refractivity contribution is 6.08. The molecule has 4 nitrogen and oxygen atoms in total. The molecule has 5 rings (SSSR count). The zero-order chi connectivity index (χ0) is 22.1. The van der Waals surface area contributed by atoms with Crippen molar-refractivity contribution in [2.45, 2.75) is 6.92 Å². The van der Waals surface area contributed by atoms with Gasteiger partial charge in [-0.2, -0.15) is 0 Å². The van der Waals surface area contributed by atoms with Gasteiger partial charge in [0.05, 0.1) is 11.3 Å².